The van der Waals surface area contributed by atoms with Gasteiger partial charge in [0.1, 0.15) is 34.5 Å². The van der Waals surface area contributed by atoms with E-state index in [2.05, 4.69) is 6.92 Å². The molecule has 0 radical (unpaired) electrons. The molecule has 12 aromatic carbocycles. The van der Waals surface area contributed by atoms with E-state index < -0.39 is 29.4 Å². The molecule has 3 aliphatic rings. The molecule has 4 atom stereocenters. The molecule has 422 valence electrons. The lowest BCUT2D eigenvalue weighted by Gasteiger charge is -2.25. The fraction of sp³-hybridized carbons (Fsp3) is 0.143. The number of fused-ring (bicyclic) bond motifs is 21. The van der Waals surface area contributed by atoms with Crippen LogP contribution in [0.15, 0.2) is 182 Å². The van der Waals surface area contributed by atoms with Gasteiger partial charge in [0.25, 0.3) is 0 Å². The Hall–Kier alpha value is -8.43. The second kappa shape index (κ2) is 20.1. The van der Waals surface area contributed by atoms with Crippen LogP contribution >= 0.6 is 23.5 Å². The Labute approximate surface area is 489 Å². The topological polar surface area (TPSA) is 167 Å². The zero-order valence-electron chi connectivity index (χ0n) is 46.5. The van der Waals surface area contributed by atoms with Crippen molar-refractivity contribution < 1.29 is 55.5 Å². The summed E-state index contributed by atoms with van der Waals surface area (Å²) in [6, 6.07) is 59.3. The number of hydrogen-bond donors (Lipinski definition) is 3. The van der Waals surface area contributed by atoms with Crippen LogP contribution in [0.25, 0.3) is 98.0 Å². The number of phosphoric ester groups is 3. The first-order valence-electron chi connectivity index (χ1n) is 28.6. The van der Waals surface area contributed by atoms with Crippen LogP contribution in [0.1, 0.15) is 66.0 Å². The van der Waals surface area contributed by atoms with Gasteiger partial charge in [-0.2, -0.15) is 0 Å². The quantitative estimate of drug-likeness (QED) is 0.117. The SMILES string of the molecule is CCCc1cc2ccccc2c2c1OP(=O)(O)Oc1c(C(CC)Cc3cc4ccccc4c4c3OP(=O)(O)Oc3c(CCc5cc6ccccc6c6c5OP(=O)(O)Oc5c(C)cc7ccccc7c5-6)cc5ccccc5c3-4)cc3ccccc3c1-2. The van der Waals surface area contributed by atoms with Gasteiger partial charge in [-0.3, -0.25) is 14.7 Å². The Kier molecular flexibility index (Phi) is 12.6. The van der Waals surface area contributed by atoms with E-state index in [4.69, 9.17) is 27.1 Å². The number of aryl methyl sites for hydroxylation is 4. The number of hydrogen-bond acceptors (Lipinski definition) is 9. The van der Waals surface area contributed by atoms with Crippen LogP contribution in [0.3, 0.4) is 0 Å². The van der Waals surface area contributed by atoms with Gasteiger partial charge < -0.3 is 27.1 Å². The first kappa shape index (κ1) is 53.3. The molecule has 0 fully saturated rings. The van der Waals surface area contributed by atoms with Gasteiger partial charge >= 0.3 is 23.5 Å². The average Bonchev–Trinajstić information content (AvgIpc) is 3.08. The van der Waals surface area contributed by atoms with Gasteiger partial charge in [0.15, 0.2) is 0 Å². The molecule has 0 bridgehead atoms. The zero-order chi connectivity index (χ0) is 58.1. The lowest BCUT2D eigenvalue weighted by molar-refractivity contribution is 0.289. The zero-order valence-corrected chi connectivity index (χ0v) is 49.2. The summed E-state index contributed by atoms with van der Waals surface area (Å²) in [4.78, 5) is 35.6. The van der Waals surface area contributed by atoms with E-state index in [1.165, 1.54) is 0 Å². The smallest absolute Gasteiger partial charge is 0.394 e. The Morgan fingerprint density at radius 2 is 0.635 bits per heavy atom. The van der Waals surface area contributed by atoms with E-state index in [1.54, 1.807) is 0 Å². The van der Waals surface area contributed by atoms with Crippen molar-refractivity contribution in [2.75, 3.05) is 0 Å². The lowest BCUT2D eigenvalue weighted by Crippen LogP contribution is -2.08. The van der Waals surface area contributed by atoms with Crippen molar-refractivity contribution in [3.05, 3.63) is 215 Å². The summed E-state index contributed by atoms with van der Waals surface area (Å²) in [6.45, 7) is 5.96. The molecule has 3 aliphatic heterocycles. The molecule has 0 spiro atoms. The van der Waals surface area contributed by atoms with Gasteiger partial charge in [-0.1, -0.05) is 166 Å². The Bertz CT molecular complexity index is 5020. The molecule has 4 unspecified atom stereocenters. The molecule has 0 saturated heterocycles. The van der Waals surface area contributed by atoms with E-state index in [1.807, 2.05) is 196 Å². The largest absolute Gasteiger partial charge is 0.584 e. The van der Waals surface area contributed by atoms with Gasteiger partial charge in [-0.15, -0.1) is 0 Å². The van der Waals surface area contributed by atoms with Crippen LogP contribution in [0.4, 0.5) is 0 Å². The molecule has 0 saturated carbocycles. The molecule has 12 nitrogen and oxygen atoms in total. The maximum atomic E-state index is 15.0. The van der Waals surface area contributed by atoms with Gasteiger partial charge in [-0.25, -0.2) is 13.7 Å². The monoisotopic (exact) mass is 1180 g/mol. The van der Waals surface area contributed by atoms with Crippen LogP contribution < -0.4 is 27.1 Å². The van der Waals surface area contributed by atoms with Crippen molar-refractivity contribution in [2.45, 2.75) is 65.2 Å². The highest BCUT2D eigenvalue weighted by Crippen LogP contribution is 2.64. The Morgan fingerprint density at radius 3 is 1.01 bits per heavy atom. The van der Waals surface area contributed by atoms with E-state index in [0.717, 1.165) is 76.6 Å². The predicted molar refractivity (Wildman–Crippen MR) is 337 cm³/mol. The van der Waals surface area contributed by atoms with Crippen LogP contribution in [-0.2, 0) is 39.4 Å². The average molecular weight is 1180 g/mol. The Balaban J connectivity index is 0.919. The summed E-state index contributed by atoms with van der Waals surface area (Å²) in [5, 5.41) is 10.1. The fourth-order valence-corrected chi connectivity index (χ4v) is 16.3. The summed E-state index contributed by atoms with van der Waals surface area (Å²) >= 11 is 0. The molecule has 12 aromatic rings. The van der Waals surface area contributed by atoms with Crippen LogP contribution in [0.2, 0.25) is 0 Å². The highest BCUT2D eigenvalue weighted by atomic mass is 31.2. The number of rotatable bonds is 9. The highest BCUT2D eigenvalue weighted by Gasteiger charge is 2.42. The van der Waals surface area contributed by atoms with Crippen molar-refractivity contribution in [3.8, 4) is 67.9 Å². The first-order chi connectivity index (χ1) is 41.1. The minimum absolute atomic E-state index is 0.161. The highest BCUT2D eigenvalue weighted by molar-refractivity contribution is 7.49. The second-order valence-electron chi connectivity index (χ2n) is 22.4. The van der Waals surface area contributed by atoms with Gasteiger partial charge in [0.2, 0.25) is 0 Å². The molecule has 0 aromatic heterocycles. The molecule has 3 heterocycles. The van der Waals surface area contributed by atoms with Gasteiger partial charge in [0.05, 0.1) is 0 Å². The van der Waals surface area contributed by atoms with E-state index >= 15 is 4.57 Å². The summed E-state index contributed by atoms with van der Waals surface area (Å²) < 4.78 is 81.3. The summed E-state index contributed by atoms with van der Waals surface area (Å²) in [6.07, 6.45) is 2.55. The third-order valence-corrected chi connectivity index (χ3v) is 19.6. The molecule has 0 aliphatic carbocycles. The van der Waals surface area contributed by atoms with Crippen LogP contribution in [-0.4, -0.2) is 14.7 Å². The van der Waals surface area contributed by atoms with E-state index in [0.29, 0.717) is 79.8 Å². The van der Waals surface area contributed by atoms with Crippen molar-refractivity contribution in [2.24, 2.45) is 0 Å². The van der Waals surface area contributed by atoms with Crippen LogP contribution in [0, 0.1) is 6.92 Å². The molecular formula is C70H55O12P3. The molecule has 85 heavy (non-hydrogen) atoms. The minimum atomic E-state index is -5.03. The molecule has 15 rings (SSSR count). The van der Waals surface area contributed by atoms with Crippen molar-refractivity contribution in [1.29, 1.82) is 0 Å². The maximum Gasteiger partial charge on any atom is 0.584 e. The van der Waals surface area contributed by atoms with Crippen molar-refractivity contribution in [1.82, 2.24) is 0 Å². The summed E-state index contributed by atoms with van der Waals surface area (Å²) in [7, 11) is -14.6. The van der Waals surface area contributed by atoms with Crippen LogP contribution in [0.5, 0.6) is 34.5 Å². The third-order valence-electron chi connectivity index (χ3n) is 17.1. The number of phosphoric acid groups is 3. The molecule has 15 heteroatoms. The minimum Gasteiger partial charge on any atom is -0.394 e. The molecule has 0 amide bonds. The Morgan fingerprint density at radius 1 is 0.353 bits per heavy atom. The van der Waals surface area contributed by atoms with Crippen molar-refractivity contribution >= 4 is 88.1 Å². The molecular weight excluding hydrogens is 1130 g/mol. The normalized spacial score (nSPS) is 18.8. The predicted octanol–water partition coefficient (Wildman–Crippen LogP) is 19.0. The number of benzene rings is 12. The van der Waals surface area contributed by atoms with E-state index in [9.17, 15) is 23.8 Å². The lowest BCUT2D eigenvalue weighted by atomic mass is 9.81. The second-order valence-corrected chi connectivity index (χ2v) is 26.3. The maximum absolute atomic E-state index is 15.0. The van der Waals surface area contributed by atoms with Crippen molar-refractivity contribution in [3.63, 3.8) is 0 Å². The van der Waals surface area contributed by atoms with Gasteiger partial charge in [-0.05, 0) is 179 Å². The van der Waals surface area contributed by atoms with Gasteiger partial charge in [0, 0.05) is 33.4 Å². The fourth-order valence-electron chi connectivity index (χ4n) is 13.5. The third kappa shape index (κ3) is 8.97. The first-order valence-corrected chi connectivity index (χ1v) is 33.1. The summed E-state index contributed by atoms with van der Waals surface area (Å²) in [5.41, 5.74) is 7.65. The standard InChI is InChI=1S/C70H55O12P3/c1-4-18-48-35-43-20-7-15-28-55(43)63-64-57-30-17-11-24-47(57)39-58(70(64)82-85(75,76)78-66(48)63)41(5-2)34-51-38-46-23-10-16-29-56(46)62-61-54-27-14-9-22-45(54)37-50(68(61)80-84(73,74)81-69(51)62)32-31-49-36-44-21-8-13-26-53(44)60-59-52-25-12-6-19-42(52)33-40(3)65(59)77-83(71,72)79-67(49)60/h6-17,19-30,33,35-39,41H,4-5,18,31-32,34H2,1-3H3,(H,71,72)(H,73,74)(H,75,76). The van der Waals surface area contributed by atoms with E-state index in [-0.39, 0.29) is 48.0 Å². The summed E-state index contributed by atoms with van der Waals surface area (Å²) in [5.74, 6) is 0.913. The molecule has 3 N–H and O–H groups in total.